The lowest BCUT2D eigenvalue weighted by molar-refractivity contribution is 0.0775. The van der Waals surface area contributed by atoms with E-state index in [1.165, 1.54) is 12.8 Å². The number of unbranched alkanes of at least 4 members (excludes halogenated alkanes) is 3. The Morgan fingerprint density at radius 3 is 2.61 bits per heavy atom. The molecule has 2 fully saturated rings. The molecule has 2 saturated heterocycles. The zero-order valence-corrected chi connectivity index (χ0v) is 24.6. The number of hydrogen-bond acceptors (Lipinski definition) is 7. The molecular weight excluding hydrogens is 514 g/mol. The Hall–Kier alpha value is -3.65. The van der Waals surface area contributed by atoms with Crippen LogP contribution >= 0.6 is 0 Å². The summed E-state index contributed by atoms with van der Waals surface area (Å²) in [5.41, 5.74) is 1.40. The van der Waals surface area contributed by atoms with Crippen LogP contribution in [-0.4, -0.2) is 92.6 Å². The van der Waals surface area contributed by atoms with Gasteiger partial charge in [-0.2, -0.15) is 0 Å². The summed E-state index contributed by atoms with van der Waals surface area (Å²) in [7, 11) is 1.66. The van der Waals surface area contributed by atoms with Crippen LogP contribution in [0.1, 0.15) is 55.8 Å². The normalized spacial score (nSPS) is 19.5. The first-order valence-electron chi connectivity index (χ1n) is 15.0. The van der Waals surface area contributed by atoms with Crippen molar-refractivity contribution in [2.45, 2.75) is 51.5 Å². The maximum Gasteiger partial charge on any atom is 0.256 e. The van der Waals surface area contributed by atoms with Crippen molar-refractivity contribution in [3.63, 3.8) is 0 Å². The van der Waals surface area contributed by atoms with Gasteiger partial charge in [0.25, 0.3) is 5.91 Å². The zero-order chi connectivity index (χ0) is 28.6. The standard InChI is InChI=1S/C33H43N5O3/c1-4-5-12-32(34-2)37-17-15-36(16-18-37)13-8-6-7-9-19-41-31-23-26-21-29-28(20-25(26)22-30(31)40-3)33(39)38-14-10-11-27(38)24-35-29/h4-5,12,20-24,27H,2,6-11,13-19H2,1,3H3/b5-4-,32-12+/t27-/m0/s1. The molecule has 0 N–H and O–H groups in total. The van der Waals surface area contributed by atoms with Crippen molar-refractivity contribution in [2.24, 2.45) is 9.98 Å². The van der Waals surface area contributed by atoms with Crippen LogP contribution in [0, 0.1) is 0 Å². The van der Waals surface area contributed by atoms with E-state index in [9.17, 15) is 4.79 Å². The second-order valence-electron chi connectivity index (χ2n) is 11.0. The molecule has 1 atom stereocenters. The predicted octanol–water partition coefficient (Wildman–Crippen LogP) is 5.84. The average molecular weight is 558 g/mol. The van der Waals surface area contributed by atoms with E-state index in [1.54, 1.807) is 7.11 Å². The summed E-state index contributed by atoms with van der Waals surface area (Å²) in [5, 5.41) is 1.96. The number of carbonyl (C=O) groups excluding carboxylic acids is 1. The van der Waals surface area contributed by atoms with Crippen molar-refractivity contribution < 1.29 is 14.3 Å². The van der Waals surface area contributed by atoms with E-state index in [2.05, 4.69) is 26.5 Å². The molecule has 0 radical (unpaired) electrons. The molecular formula is C33H43N5O3. The number of allylic oxidation sites excluding steroid dienone is 3. The summed E-state index contributed by atoms with van der Waals surface area (Å²) in [6, 6.07) is 8.04. The van der Waals surface area contributed by atoms with E-state index >= 15 is 0 Å². The van der Waals surface area contributed by atoms with Gasteiger partial charge in [0.15, 0.2) is 11.5 Å². The molecule has 2 aromatic carbocycles. The molecule has 8 nitrogen and oxygen atoms in total. The Kier molecular flexibility index (Phi) is 9.72. The van der Waals surface area contributed by atoms with Gasteiger partial charge < -0.3 is 19.3 Å². The minimum absolute atomic E-state index is 0.0693. The van der Waals surface area contributed by atoms with Gasteiger partial charge in [-0.1, -0.05) is 25.0 Å². The molecule has 5 rings (SSSR count). The number of piperazine rings is 1. The molecule has 3 aliphatic heterocycles. The largest absolute Gasteiger partial charge is 0.493 e. The highest BCUT2D eigenvalue weighted by atomic mass is 16.5. The second-order valence-corrected chi connectivity index (χ2v) is 11.0. The van der Waals surface area contributed by atoms with Gasteiger partial charge in [-0.3, -0.25) is 14.7 Å². The van der Waals surface area contributed by atoms with E-state index in [-0.39, 0.29) is 11.9 Å². The maximum atomic E-state index is 13.2. The molecule has 41 heavy (non-hydrogen) atoms. The zero-order valence-electron chi connectivity index (χ0n) is 24.6. The highest BCUT2D eigenvalue weighted by Gasteiger charge is 2.31. The Labute approximate surface area is 244 Å². The van der Waals surface area contributed by atoms with Gasteiger partial charge in [0, 0.05) is 38.9 Å². The molecule has 218 valence electrons. The SMILES string of the molecule is C=N/C(=C\C=C/C)N1CCN(CCCCCCOc2cc3cc4c(cc3cc2OC)C(=O)N2CCC[C@H]2C=N4)CC1. The van der Waals surface area contributed by atoms with Crippen LogP contribution < -0.4 is 9.47 Å². The lowest BCUT2D eigenvalue weighted by Crippen LogP contribution is -2.45. The number of amides is 1. The number of aliphatic imine (C=N–C) groups is 2. The molecule has 3 heterocycles. The van der Waals surface area contributed by atoms with Gasteiger partial charge in [0.1, 0.15) is 5.82 Å². The lowest BCUT2D eigenvalue weighted by Gasteiger charge is -2.35. The van der Waals surface area contributed by atoms with E-state index in [1.807, 2.05) is 60.5 Å². The van der Waals surface area contributed by atoms with E-state index in [0.717, 1.165) is 93.0 Å². The minimum Gasteiger partial charge on any atom is -0.493 e. The van der Waals surface area contributed by atoms with Crippen molar-refractivity contribution in [1.29, 1.82) is 0 Å². The first kappa shape index (κ1) is 28.9. The second kappa shape index (κ2) is 13.8. The van der Waals surface area contributed by atoms with Crippen LogP contribution in [0.5, 0.6) is 11.5 Å². The first-order chi connectivity index (χ1) is 20.1. The van der Waals surface area contributed by atoms with E-state index in [0.29, 0.717) is 17.9 Å². The monoisotopic (exact) mass is 557 g/mol. The smallest absolute Gasteiger partial charge is 0.256 e. The Bertz CT molecular complexity index is 1330. The van der Waals surface area contributed by atoms with Gasteiger partial charge in [0.2, 0.25) is 0 Å². The Morgan fingerprint density at radius 2 is 1.83 bits per heavy atom. The summed E-state index contributed by atoms with van der Waals surface area (Å²) in [6.07, 6.45) is 14.5. The number of ether oxygens (including phenoxy) is 2. The Balaban J connectivity index is 1.08. The topological polar surface area (TPSA) is 70.0 Å². The third kappa shape index (κ3) is 6.81. The molecule has 3 aliphatic rings. The fourth-order valence-electron chi connectivity index (χ4n) is 5.98. The summed E-state index contributed by atoms with van der Waals surface area (Å²) in [4.78, 5) is 28.9. The van der Waals surface area contributed by atoms with Gasteiger partial charge >= 0.3 is 0 Å². The number of rotatable bonds is 12. The number of carbonyl (C=O) groups is 1. The summed E-state index contributed by atoms with van der Waals surface area (Å²) < 4.78 is 11.8. The summed E-state index contributed by atoms with van der Waals surface area (Å²) in [5.74, 6) is 2.46. The predicted molar refractivity (Wildman–Crippen MR) is 167 cm³/mol. The number of methoxy groups -OCH3 is 1. The lowest BCUT2D eigenvalue weighted by atomic mass is 10.0. The van der Waals surface area contributed by atoms with Crippen molar-refractivity contribution in [3.05, 3.63) is 53.9 Å². The number of benzene rings is 2. The molecule has 1 amide bonds. The van der Waals surface area contributed by atoms with Crippen molar-refractivity contribution in [3.8, 4) is 11.5 Å². The van der Waals surface area contributed by atoms with E-state index < -0.39 is 0 Å². The average Bonchev–Trinajstić information content (AvgIpc) is 3.43. The highest BCUT2D eigenvalue weighted by molar-refractivity contribution is 6.07. The van der Waals surface area contributed by atoms with Crippen LogP contribution in [0.2, 0.25) is 0 Å². The molecule has 0 bridgehead atoms. The van der Waals surface area contributed by atoms with Gasteiger partial charge in [-0.25, -0.2) is 4.99 Å². The van der Waals surface area contributed by atoms with Crippen molar-refractivity contribution in [1.82, 2.24) is 14.7 Å². The van der Waals surface area contributed by atoms with Crippen LogP contribution in [0.25, 0.3) is 10.8 Å². The minimum atomic E-state index is 0.0693. The molecule has 0 aliphatic carbocycles. The quantitative estimate of drug-likeness (QED) is 0.186. The maximum absolute atomic E-state index is 13.2. The fraction of sp³-hybridized carbons (Fsp3) is 0.485. The molecule has 0 aromatic heterocycles. The molecule has 8 heteroatoms. The van der Waals surface area contributed by atoms with Crippen LogP contribution in [0.3, 0.4) is 0 Å². The number of nitrogens with zero attached hydrogens (tertiary/aromatic N) is 5. The Morgan fingerprint density at radius 1 is 1.05 bits per heavy atom. The van der Waals surface area contributed by atoms with Crippen LogP contribution in [0.15, 0.2) is 58.3 Å². The van der Waals surface area contributed by atoms with Crippen molar-refractivity contribution in [2.75, 3.05) is 53.0 Å². The fourth-order valence-corrected chi connectivity index (χ4v) is 5.98. The van der Waals surface area contributed by atoms with Crippen molar-refractivity contribution >= 4 is 35.3 Å². The summed E-state index contributed by atoms with van der Waals surface area (Å²) >= 11 is 0. The summed E-state index contributed by atoms with van der Waals surface area (Å²) in [6.45, 7) is 12.4. The number of hydrogen-bond donors (Lipinski definition) is 0. The van der Waals surface area contributed by atoms with Gasteiger partial charge in [-0.15, -0.1) is 0 Å². The van der Waals surface area contributed by atoms with Gasteiger partial charge in [-0.05, 0) is 87.0 Å². The molecule has 0 saturated carbocycles. The third-order valence-corrected chi connectivity index (χ3v) is 8.34. The highest BCUT2D eigenvalue weighted by Crippen LogP contribution is 2.37. The molecule has 0 spiro atoms. The number of fused-ring (bicyclic) bond motifs is 3. The first-order valence-corrected chi connectivity index (χ1v) is 15.0. The van der Waals surface area contributed by atoms with Crippen LogP contribution in [0.4, 0.5) is 5.69 Å². The third-order valence-electron chi connectivity index (χ3n) is 8.34. The van der Waals surface area contributed by atoms with Crippen LogP contribution in [-0.2, 0) is 0 Å². The van der Waals surface area contributed by atoms with Gasteiger partial charge in [0.05, 0.1) is 31.0 Å². The molecule has 2 aromatic rings. The molecule has 0 unspecified atom stereocenters. The van der Waals surface area contributed by atoms with E-state index in [4.69, 9.17) is 9.47 Å².